The number of anilines is 1. The molecule has 1 saturated heterocycles. The number of nitrogens with zero attached hydrogens (tertiary/aromatic N) is 4. The summed E-state index contributed by atoms with van der Waals surface area (Å²) >= 11 is 0. The summed E-state index contributed by atoms with van der Waals surface area (Å²) < 4.78 is 14.9. The van der Waals surface area contributed by atoms with Crippen molar-refractivity contribution in [1.82, 2.24) is 24.8 Å². The van der Waals surface area contributed by atoms with Crippen molar-refractivity contribution in [3.8, 4) is 0 Å². The molecule has 2 aromatic heterocycles. The van der Waals surface area contributed by atoms with E-state index in [0.29, 0.717) is 5.56 Å². The van der Waals surface area contributed by atoms with Crippen LogP contribution >= 0.6 is 0 Å². The van der Waals surface area contributed by atoms with Crippen molar-refractivity contribution < 1.29 is 4.39 Å². The second-order valence-electron chi connectivity index (χ2n) is 9.34. The summed E-state index contributed by atoms with van der Waals surface area (Å²) in [7, 11) is 0. The Morgan fingerprint density at radius 1 is 1.14 bits per heavy atom. The van der Waals surface area contributed by atoms with Gasteiger partial charge in [0, 0.05) is 73.7 Å². The molecule has 1 aromatic carbocycles. The van der Waals surface area contributed by atoms with Crippen molar-refractivity contribution in [3.05, 3.63) is 87.6 Å². The number of hydrogen-bond acceptors (Lipinski definition) is 6. The normalized spacial score (nSPS) is 16.2. The van der Waals surface area contributed by atoms with Crippen LogP contribution in [-0.4, -0.2) is 64.0 Å². The minimum absolute atomic E-state index is 0.264. The molecule has 1 aliphatic rings. The Labute approximate surface area is 212 Å². The first kappa shape index (κ1) is 25.7. The molecule has 2 N–H and O–H groups in total. The summed E-state index contributed by atoms with van der Waals surface area (Å²) in [4.78, 5) is 28.3. The van der Waals surface area contributed by atoms with E-state index in [2.05, 4.69) is 49.1 Å². The quantitative estimate of drug-likeness (QED) is 0.468. The smallest absolute Gasteiger partial charge is 0.254 e. The van der Waals surface area contributed by atoms with Crippen LogP contribution in [0, 0.1) is 5.82 Å². The number of aromatic nitrogens is 3. The van der Waals surface area contributed by atoms with Gasteiger partial charge in [-0.25, -0.2) is 14.4 Å². The van der Waals surface area contributed by atoms with Crippen molar-refractivity contribution >= 4 is 17.3 Å². The van der Waals surface area contributed by atoms with Crippen LogP contribution in [0.4, 0.5) is 10.1 Å². The van der Waals surface area contributed by atoms with Crippen LogP contribution in [0.3, 0.4) is 0 Å². The third-order valence-corrected chi connectivity index (χ3v) is 6.90. The molecule has 3 heterocycles. The van der Waals surface area contributed by atoms with E-state index in [0.717, 1.165) is 68.7 Å². The average Bonchev–Trinajstić information content (AvgIpc) is 2.91. The van der Waals surface area contributed by atoms with Crippen LogP contribution in [0.5, 0.6) is 0 Å². The minimum Gasteiger partial charge on any atom is -0.378 e. The second-order valence-corrected chi connectivity index (χ2v) is 9.34. The highest BCUT2D eigenvalue weighted by atomic mass is 19.1. The van der Waals surface area contributed by atoms with Crippen LogP contribution in [-0.2, 0) is 6.42 Å². The van der Waals surface area contributed by atoms with Crippen molar-refractivity contribution in [3.63, 3.8) is 0 Å². The van der Waals surface area contributed by atoms with Gasteiger partial charge in [0.2, 0.25) is 0 Å². The fourth-order valence-electron chi connectivity index (χ4n) is 4.62. The Morgan fingerprint density at radius 3 is 2.47 bits per heavy atom. The van der Waals surface area contributed by atoms with Gasteiger partial charge < -0.3 is 20.1 Å². The fraction of sp³-hybridized carbons (Fsp3) is 0.393. The van der Waals surface area contributed by atoms with Gasteiger partial charge in [-0.1, -0.05) is 19.1 Å². The highest BCUT2D eigenvalue weighted by Crippen LogP contribution is 2.25. The maximum Gasteiger partial charge on any atom is 0.254 e. The van der Waals surface area contributed by atoms with Gasteiger partial charge in [0.25, 0.3) is 5.56 Å². The Balaban J connectivity index is 1.44. The largest absolute Gasteiger partial charge is 0.378 e. The van der Waals surface area contributed by atoms with E-state index in [4.69, 9.17) is 0 Å². The highest BCUT2D eigenvalue weighted by Gasteiger charge is 2.18. The highest BCUT2D eigenvalue weighted by molar-refractivity contribution is 5.80. The lowest BCUT2D eigenvalue weighted by Gasteiger charge is -2.34. The third kappa shape index (κ3) is 6.44. The average molecular weight is 491 g/mol. The molecule has 8 heteroatoms. The van der Waals surface area contributed by atoms with Gasteiger partial charge in [0.1, 0.15) is 12.1 Å². The van der Waals surface area contributed by atoms with Gasteiger partial charge in [-0.05, 0) is 56.2 Å². The Hall–Kier alpha value is -3.36. The van der Waals surface area contributed by atoms with Crippen LogP contribution < -0.4 is 10.9 Å². The first-order valence-corrected chi connectivity index (χ1v) is 12.6. The van der Waals surface area contributed by atoms with E-state index < -0.39 is 11.9 Å². The van der Waals surface area contributed by atoms with E-state index in [-0.39, 0.29) is 11.1 Å². The molecule has 4 rings (SSSR count). The number of rotatable bonds is 9. The third-order valence-electron chi connectivity index (χ3n) is 6.90. The van der Waals surface area contributed by atoms with Crippen LogP contribution in [0.1, 0.15) is 49.1 Å². The van der Waals surface area contributed by atoms with Crippen LogP contribution in [0.2, 0.25) is 0 Å². The lowest BCUT2D eigenvalue weighted by molar-refractivity contribution is 0.138. The molecule has 0 spiro atoms. The summed E-state index contributed by atoms with van der Waals surface area (Å²) in [5.74, 6) is -0.482. The van der Waals surface area contributed by atoms with Crippen molar-refractivity contribution in [2.24, 2.45) is 0 Å². The van der Waals surface area contributed by atoms with Gasteiger partial charge in [0.15, 0.2) is 0 Å². The van der Waals surface area contributed by atoms with Crippen molar-refractivity contribution in [2.45, 2.75) is 33.2 Å². The number of pyridine rings is 1. The van der Waals surface area contributed by atoms with Gasteiger partial charge in [-0.2, -0.15) is 0 Å². The number of nitrogens with one attached hydrogen (secondary N) is 2. The number of hydrogen-bond donors (Lipinski definition) is 2. The van der Waals surface area contributed by atoms with Gasteiger partial charge in [-0.3, -0.25) is 4.79 Å². The summed E-state index contributed by atoms with van der Waals surface area (Å²) in [5.41, 5.74) is 4.00. The number of aromatic amines is 1. The standard InChI is InChI=1S/C28H35FN6O/c1-4-34-11-13-35(14-12-34)10-9-22-5-7-24(8-6-22)33-21(3)27-25(26(29)18-32-28(27)36)15-20(2)23-16-30-19-31-17-23/h5-8,15-19,21,33H,4,9-14H2,1-3H3,(H,32,36)/b20-15+. The van der Waals surface area contributed by atoms with E-state index in [9.17, 15) is 9.18 Å². The molecule has 1 aliphatic heterocycles. The lowest BCUT2D eigenvalue weighted by Crippen LogP contribution is -2.46. The molecule has 0 amide bonds. The first-order chi connectivity index (χ1) is 17.4. The monoisotopic (exact) mass is 490 g/mol. The van der Waals surface area contributed by atoms with Crippen molar-refractivity contribution in [1.29, 1.82) is 0 Å². The van der Waals surface area contributed by atoms with E-state index in [1.807, 2.05) is 26.0 Å². The van der Waals surface area contributed by atoms with Gasteiger partial charge in [0.05, 0.1) is 6.04 Å². The number of likely N-dealkylation sites (N-methyl/N-ethyl adjacent to an activating group) is 1. The number of H-pyrrole nitrogens is 1. The maximum absolute atomic E-state index is 14.9. The zero-order valence-corrected chi connectivity index (χ0v) is 21.3. The molecule has 0 bridgehead atoms. The predicted octanol–water partition coefficient (Wildman–Crippen LogP) is 4.22. The zero-order valence-electron chi connectivity index (χ0n) is 21.3. The summed E-state index contributed by atoms with van der Waals surface area (Å²) in [6, 6.07) is 7.88. The number of benzene rings is 1. The predicted molar refractivity (Wildman–Crippen MR) is 143 cm³/mol. The maximum atomic E-state index is 14.9. The van der Waals surface area contributed by atoms with Crippen LogP contribution in [0.25, 0.3) is 11.6 Å². The van der Waals surface area contributed by atoms with E-state index in [1.54, 1.807) is 18.5 Å². The Bertz CT molecular complexity index is 1220. The SMILES string of the molecule is CCN1CCN(CCc2ccc(NC(C)c3c(/C=C(\C)c4cncnc4)c(F)c[nH]c3=O)cc2)CC1. The zero-order chi connectivity index (χ0) is 25.5. The number of piperazine rings is 1. The van der Waals surface area contributed by atoms with Crippen LogP contribution in [0.15, 0.2) is 54.0 Å². The molecule has 0 aliphatic carbocycles. The summed E-state index contributed by atoms with van der Waals surface area (Å²) in [6.45, 7) is 12.7. The van der Waals surface area contributed by atoms with Gasteiger partial charge in [-0.15, -0.1) is 0 Å². The summed E-state index contributed by atoms with van der Waals surface area (Å²) in [5, 5.41) is 3.37. The first-order valence-electron chi connectivity index (χ1n) is 12.6. The molecule has 7 nitrogen and oxygen atoms in total. The summed E-state index contributed by atoms with van der Waals surface area (Å²) in [6.07, 6.45) is 8.57. The number of halogens is 1. The van der Waals surface area contributed by atoms with Crippen molar-refractivity contribution in [2.75, 3.05) is 44.6 Å². The second kappa shape index (κ2) is 12.1. The van der Waals surface area contributed by atoms with E-state index >= 15 is 0 Å². The van der Waals surface area contributed by atoms with Gasteiger partial charge >= 0.3 is 0 Å². The topological polar surface area (TPSA) is 77.2 Å². The number of allylic oxidation sites excluding steroid dienone is 1. The molecule has 1 fully saturated rings. The molecule has 0 saturated carbocycles. The lowest BCUT2D eigenvalue weighted by atomic mass is 9.99. The molecule has 1 atom stereocenters. The molecule has 3 aromatic rings. The Kier molecular flexibility index (Phi) is 8.61. The molecular weight excluding hydrogens is 455 g/mol. The fourth-order valence-corrected chi connectivity index (χ4v) is 4.62. The minimum atomic E-state index is -0.482. The molecule has 0 radical (unpaired) electrons. The Morgan fingerprint density at radius 2 is 1.81 bits per heavy atom. The van der Waals surface area contributed by atoms with E-state index in [1.165, 1.54) is 11.9 Å². The molecule has 36 heavy (non-hydrogen) atoms. The molecular formula is C28H35FN6O. The molecule has 1 unspecified atom stereocenters. The molecule has 190 valence electrons.